The van der Waals surface area contributed by atoms with E-state index in [1.165, 1.54) is 0 Å². The van der Waals surface area contributed by atoms with Gasteiger partial charge in [0, 0.05) is 19.0 Å². The van der Waals surface area contributed by atoms with Crippen molar-refractivity contribution in [2.75, 3.05) is 18.0 Å². The maximum absolute atomic E-state index is 11.4. The van der Waals surface area contributed by atoms with Crippen molar-refractivity contribution < 1.29 is 18.4 Å². The number of carbonyl (C=O) groups is 1. The third kappa shape index (κ3) is 4.40. The number of nitriles is 1. The average molecular weight is 420 g/mol. The van der Waals surface area contributed by atoms with E-state index in [9.17, 15) is 10.1 Å². The Labute approximate surface area is 180 Å². The van der Waals surface area contributed by atoms with Crippen LogP contribution >= 0.6 is 0 Å². The molecular formula is C23H24N4O4. The van der Waals surface area contributed by atoms with Crippen LogP contribution in [0.1, 0.15) is 35.4 Å². The largest absolute Gasteiger partial charge is 0.485 e. The maximum Gasteiger partial charge on any atom is 0.266 e. The fourth-order valence-electron chi connectivity index (χ4n) is 3.65. The van der Waals surface area contributed by atoms with E-state index in [0.717, 1.165) is 16.9 Å². The summed E-state index contributed by atoms with van der Waals surface area (Å²) < 4.78 is 17.6. The predicted molar refractivity (Wildman–Crippen MR) is 113 cm³/mol. The Balaban J connectivity index is 1.47. The van der Waals surface area contributed by atoms with Gasteiger partial charge in [0.15, 0.2) is 5.76 Å². The first-order valence-corrected chi connectivity index (χ1v) is 10.2. The molecule has 1 saturated heterocycles. The molecule has 1 amide bonds. The van der Waals surface area contributed by atoms with Gasteiger partial charge in [-0.15, -0.1) is 0 Å². The number of carbonyl (C=O) groups excluding carboxylic acids is 1. The van der Waals surface area contributed by atoms with Crippen LogP contribution in [0.4, 0.5) is 5.88 Å². The highest BCUT2D eigenvalue weighted by atomic mass is 16.5. The first kappa shape index (κ1) is 20.5. The number of benzene rings is 1. The lowest BCUT2D eigenvalue weighted by molar-refractivity contribution is -0.122. The highest BCUT2D eigenvalue weighted by Gasteiger charge is 2.28. The average Bonchev–Trinajstić information content (AvgIpc) is 3.41. The van der Waals surface area contributed by atoms with Gasteiger partial charge in [-0.1, -0.05) is 12.1 Å². The summed E-state index contributed by atoms with van der Waals surface area (Å²) in [5, 5.41) is 9.49. The van der Waals surface area contributed by atoms with Crippen molar-refractivity contribution >= 4 is 11.8 Å². The number of amides is 1. The van der Waals surface area contributed by atoms with Gasteiger partial charge in [-0.2, -0.15) is 10.2 Å². The van der Waals surface area contributed by atoms with Crippen molar-refractivity contribution in [2.24, 2.45) is 11.7 Å². The first-order valence-electron chi connectivity index (χ1n) is 10.2. The van der Waals surface area contributed by atoms with Crippen LogP contribution in [0.3, 0.4) is 0 Å². The Morgan fingerprint density at radius 1 is 1.26 bits per heavy atom. The maximum atomic E-state index is 11.4. The lowest BCUT2D eigenvalue weighted by Crippen LogP contribution is -2.38. The van der Waals surface area contributed by atoms with Crippen molar-refractivity contribution in [3.05, 3.63) is 52.9 Å². The number of piperidine rings is 1. The van der Waals surface area contributed by atoms with Crippen molar-refractivity contribution in [3.63, 3.8) is 0 Å². The number of nitrogens with zero attached hydrogens (tertiary/aromatic N) is 3. The normalized spacial score (nSPS) is 14.4. The van der Waals surface area contributed by atoms with Crippen molar-refractivity contribution in [1.29, 1.82) is 5.26 Å². The quantitative estimate of drug-likeness (QED) is 0.646. The van der Waals surface area contributed by atoms with E-state index in [-0.39, 0.29) is 30.0 Å². The van der Waals surface area contributed by atoms with Crippen LogP contribution in [0.15, 0.2) is 39.2 Å². The molecule has 0 aliphatic carbocycles. The first-order chi connectivity index (χ1) is 14.9. The predicted octanol–water partition coefficient (Wildman–Crippen LogP) is 3.70. The zero-order valence-corrected chi connectivity index (χ0v) is 17.6. The third-order valence-corrected chi connectivity index (χ3v) is 5.49. The molecule has 0 atom stereocenters. The third-order valence-electron chi connectivity index (χ3n) is 5.49. The summed E-state index contributed by atoms with van der Waals surface area (Å²) in [7, 11) is 0. The Kier molecular flexibility index (Phi) is 5.67. The molecule has 0 bridgehead atoms. The number of furan rings is 1. The molecule has 0 spiro atoms. The van der Waals surface area contributed by atoms with Gasteiger partial charge in [0.1, 0.15) is 24.2 Å². The zero-order valence-electron chi connectivity index (χ0n) is 17.6. The number of nitrogens with two attached hydrogens (primary N) is 1. The van der Waals surface area contributed by atoms with Gasteiger partial charge < -0.3 is 24.2 Å². The van der Waals surface area contributed by atoms with Crippen molar-refractivity contribution in [3.8, 4) is 23.5 Å². The number of anilines is 1. The highest BCUT2D eigenvalue weighted by molar-refractivity contribution is 5.77. The fraction of sp³-hybridized carbons (Fsp3) is 0.348. The molecule has 2 N–H and O–H groups in total. The number of hydrogen-bond donors (Lipinski definition) is 1. The van der Waals surface area contributed by atoms with E-state index in [4.69, 9.17) is 19.3 Å². The molecule has 0 unspecified atom stereocenters. The molecule has 4 rings (SSSR count). The number of rotatable bonds is 6. The summed E-state index contributed by atoms with van der Waals surface area (Å²) in [5.74, 6) is 2.05. The molecule has 3 heterocycles. The van der Waals surface area contributed by atoms with E-state index in [1.807, 2.05) is 36.9 Å². The lowest BCUT2D eigenvalue weighted by Gasteiger charge is -2.30. The Morgan fingerprint density at radius 3 is 2.74 bits per heavy atom. The Hall–Kier alpha value is -3.73. The minimum absolute atomic E-state index is 0.145. The molecule has 0 radical (unpaired) electrons. The molecule has 8 nitrogen and oxygen atoms in total. The number of hydrogen-bond acceptors (Lipinski definition) is 7. The van der Waals surface area contributed by atoms with Crippen LogP contribution in [0, 0.1) is 31.1 Å². The van der Waals surface area contributed by atoms with Gasteiger partial charge >= 0.3 is 0 Å². The summed E-state index contributed by atoms with van der Waals surface area (Å²) in [6.07, 6.45) is 1.24. The second-order valence-corrected chi connectivity index (χ2v) is 7.77. The summed E-state index contributed by atoms with van der Waals surface area (Å²) in [5.41, 5.74) is 7.76. The number of aromatic nitrogens is 1. The molecule has 1 aromatic carbocycles. The van der Waals surface area contributed by atoms with Crippen LogP contribution < -0.4 is 15.4 Å². The van der Waals surface area contributed by atoms with Crippen molar-refractivity contribution in [2.45, 2.75) is 33.3 Å². The molecule has 1 aliphatic heterocycles. The van der Waals surface area contributed by atoms with Gasteiger partial charge in [-0.05, 0) is 56.0 Å². The molecule has 31 heavy (non-hydrogen) atoms. The van der Waals surface area contributed by atoms with Crippen LogP contribution in [0.2, 0.25) is 0 Å². The van der Waals surface area contributed by atoms with Crippen LogP contribution in [0.25, 0.3) is 11.7 Å². The monoisotopic (exact) mass is 420 g/mol. The minimum atomic E-state index is -0.287. The van der Waals surface area contributed by atoms with E-state index in [0.29, 0.717) is 43.3 Å². The molecule has 160 valence electrons. The molecule has 3 aromatic rings. The topological polar surface area (TPSA) is 119 Å². The van der Waals surface area contributed by atoms with E-state index < -0.39 is 0 Å². The standard InChI is InChI=1S/C23H24N4O4/c1-14-3-4-15(2)20(11-14)29-13-17-5-6-19(30-17)22-26-18(12-24)23(31-22)27-9-7-16(8-10-27)21(25)28/h3-6,11,16H,7-10,13H2,1-2H3,(H2,25,28). The van der Waals surface area contributed by atoms with E-state index in [2.05, 4.69) is 11.1 Å². The van der Waals surface area contributed by atoms with Crippen LogP contribution in [0.5, 0.6) is 5.75 Å². The summed E-state index contributed by atoms with van der Waals surface area (Å²) in [4.78, 5) is 17.6. The number of ether oxygens (including phenoxy) is 1. The second-order valence-electron chi connectivity index (χ2n) is 7.77. The van der Waals surface area contributed by atoms with Gasteiger partial charge in [-0.25, -0.2) is 0 Å². The number of primary amides is 1. The van der Waals surface area contributed by atoms with Crippen LogP contribution in [-0.4, -0.2) is 24.0 Å². The van der Waals surface area contributed by atoms with Crippen LogP contribution in [-0.2, 0) is 11.4 Å². The number of oxazole rings is 1. The molecule has 1 aliphatic rings. The molecular weight excluding hydrogens is 396 g/mol. The molecule has 0 saturated carbocycles. The summed E-state index contributed by atoms with van der Waals surface area (Å²) in [6.45, 7) is 5.42. The van der Waals surface area contributed by atoms with E-state index >= 15 is 0 Å². The summed E-state index contributed by atoms with van der Waals surface area (Å²) in [6, 6.07) is 11.7. The molecule has 1 fully saturated rings. The SMILES string of the molecule is Cc1ccc(C)c(OCc2ccc(-c3nc(C#N)c(N4CCC(C(N)=O)CC4)o3)o2)c1. The molecule has 8 heteroatoms. The minimum Gasteiger partial charge on any atom is -0.485 e. The Bertz CT molecular complexity index is 1130. The highest BCUT2D eigenvalue weighted by Crippen LogP contribution is 2.32. The second kappa shape index (κ2) is 8.56. The van der Waals surface area contributed by atoms with Gasteiger partial charge in [0.05, 0.1) is 0 Å². The number of aryl methyl sites for hydroxylation is 2. The van der Waals surface area contributed by atoms with Crippen molar-refractivity contribution in [1.82, 2.24) is 4.98 Å². The van der Waals surface area contributed by atoms with Gasteiger partial charge in [0.2, 0.25) is 17.5 Å². The fourth-order valence-corrected chi connectivity index (χ4v) is 3.65. The lowest BCUT2D eigenvalue weighted by atomic mass is 9.96. The van der Waals surface area contributed by atoms with Gasteiger partial charge in [0.25, 0.3) is 5.89 Å². The zero-order chi connectivity index (χ0) is 22.0. The van der Waals surface area contributed by atoms with Gasteiger partial charge in [-0.3, -0.25) is 4.79 Å². The smallest absolute Gasteiger partial charge is 0.266 e. The molecule has 2 aromatic heterocycles. The summed E-state index contributed by atoms with van der Waals surface area (Å²) >= 11 is 0. The Morgan fingerprint density at radius 2 is 2.03 bits per heavy atom. The van der Waals surface area contributed by atoms with E-state index in [1.54, 1.807) is 12.1 Å².